The fourth-order valence-corrected chi connectivity index (χ4v) is 4.02. The Kier molecular flexibility index (Phi) is 6.26. The van der Waals surface area contributed by atoms with Gasteiger partial charge in [0.05, 0.1) is 16.3 Å². The first-order valence-electron chi connectivity index (χ1n) is 9.44. The number of alkyl carbamates (subject to hydrolysis) is 1. The van der Waals surface area contributed by atoms with Crippen LogP contribution in [0.5, 0.6) is 0 Å². The number of fused-ring (bicyclic) bond motifs is 1. The van der Waals surface area contributed by atoms with E-state index in [0.717, 1.165) is 36.3 Å². The molecule has 0 unspecified atom stereocenters. The zero-order chi connectivity index (χ0) is 19.4. The van der Waals surface area contributed by atoms with Crippen LogP contribution in [-0.2, 0) is 16.1 Å². The number of hydrogen-bond acceptors (Lipinski definition) is 6. The number of rotatable bonds is 4. The Balaban J connectivity index is 1.42. The summed E-state index contributed by atoms with van der Waals surface area (Å²) in [5, 5.41) is 9.33. The number of carbonyl (C=O) groups excluding carboxylic acids is 2. The molecule has 0 radical (unpaired) electrons. The summed E-state index contributed by atoms with van der Waals surface area (Å²) in [5.41, 5.74) is 0.452. The number of amides is 2. The van der Waals surface area contributed by atoms with Gasteiger partial charge in [0.1, 0.15) is 11.4 Å². The van der Waals surface area contributed by atoms with Crippen LogP contribution in [0.15, 0.2) is 17.0 Å². The lowest BCUT2D eigenvalue weighted by atomic mass is 9.91. The summed E-state index contributed by atoms with van der Waals surface area (Å²) in [6.07, 6.45) is 3.52. The minimum absolute atomic E-state index is 0.000851. The summed E-state index contributed by atoms with van der Waals surface area (Å²) in [6.45, 7) is 6.27. The van der Waals surface area contributed by atoms with E-state index in [-0.39, 0.29) is 18.0 Å². The van der Waals surface area contributed by atoms with Gasteiger partial charge in [-0.1, -0.05) is 0 Å². The Morgan fingerprint density at radius 1 is 1.26 bits per heavy atom. The summed E-state index contributed by atoms with van der Waals surface area (Å²) < 4.78 is 5.32. The zero-order valence-corrected chi connectivity index (χ0v) is 16.9. The Bertz CT molecular complexity index is 697. The van der Waals surface area contributed by atoms with E-state index in [4.69, 9.17) is 4.74 Å². The van der Waals surface area contributed by atoms with Crippen LogP contribution in [0, 0.1) is 0 Å². The number of nitrogens with zero attached hydrogens (tertiary/aromatic N) is 1. The van der Waals surface area contributed by atoms with Gasteiger partial charge in [0.25, 0.3) is 0 Å². The van der Waals surface area contributed by atoms with Crippen LogP contribution in [0.3, 0.4) is 0 Å². The fourth-order valence-electron chi connectivity index (χ4n) is 3.27. The highest BCUT2D eigenvalue weighted by atomic mass is 32.2. The highest BCUT2D eigenvalue weighted by Gasteiger charge is 2.25. The Morgan fingerprint density at radius 2 is 1.96 bits per heavy atom. The molecule has 0 bridgehead atoms. The molecule has 8 heteroatoms. The third-order valence-electron chi connectivity index (χ3n) is 4.55. The van der Waals surface area contributed by atoms with E-state index >= 15 is 0 Å². The number of thioether (sulfide) groups is 1. The normalized spacial score (nSPS) is 22.6. The predicted molar refractivity (Wildman–Crippen MR) is 106 cm³/mol. The monoisotopic (exact) mass is 392 g/mol. The van der Waals surface area contributed by atoms with Crippen molar-refractivity contribution in [1.82, 2.24) is 15.6 Å². The van der Waals surface area contributed by atoms with Gasteiger partial charge in [0.2, 0.25) is 5.91 Å². The first kappa shape index (κ1) is 19.9. The van der Waals surface area contributed by atoms with Crippen LogP contribution in [0.25, 0.3) is 0 Å². The molecule has 148 valence electrons. The summed E-state index contributed by atoms with van der Waals surface area (Å²) in [6, 6.07) is 4.60. The Morgan fingerprint density at radius 3 is 2.67 bits per heavy atom. The maximum atomic E-state index is 11.9. The molecule has 3 N–H and O–H groups in total. The van der Waals surface area contributed by atoms with E-state index in [2.05, 4.69) is 20.9 Å². The lowest BCUT2D eigenvalue weighted by molar-refractivity contribution is -0.113. The van der Waals surface area contributed by atoms with Crippen molar-refractivity contribution in [2.45, 2.75) is 75.6 Å². The predicted octanol–water partition coefficient (Wildman–Crippen LogP) is 3.05. The van der Waals surface area contributed by atoms with Crippen LogP contribution in [0.4, 0.5) is 10.6 Å². The lowest BCUT2D eigenvalue weighted by Crippen LogP contribution is -2.43. The van der Waals surface area contributed by atoms with E-state index in [1.54, 1.807) is 0 Å². The smallest absolute Gasteiger partial charge is 0.407 e. The molecular weight excluding hydrogens is 364 g/mol. The van der Waals surface area contributed by atoms with Gasteiger partial charge in [0, 0.05) is 18.6 Å². The third-order valence-corrected chi connectivity index (χ3v) is 5.60. The molecule has 2 aliphatic rings. The number of pyridine rings is 1. The second-order valence-corrected chi connectivity index (χ2v) is 9.08. The molecule has 1 aromatic rings. The Labute approximate surface area is 164 Å². The van der Waals surface area contributed by atoms with Gasteiger partial charge >= 0.3 is 6.09 Å². The minimum atomic E-state index is -0.470. The van der Waals surface area contributed by atoms with E-state index in [1.807, 2.05) is 32.9 Å². The van der Waals surface area contributed by atoms with E-state index < -0.39 is 5.60 Å². The highest BCUT2D eigenvalue weighted by molar-refractivity contribution is 8.00. The minimum Gasteiger partial charge on any atom is -0.444 e. The van der Waals surface area contributed by atoms with Crippen LogP contribution in [0.1, 0.15) is 52.1 Å². The molecule has 2 heterocycles. The average Bonchev–Trinajstić information content (AvgIpc) is 2.59. The molecule has 7 nitrogen and oxygen atoms in total. The van der Waals surface area contributed by atoms with Crippen LogP contribution >= 0.6 is 11.8 Å². The Hall–Kier alpha value is -1.80. The first-order valence-corrected chi connectivity index (χ1v) is 10.4. The van der Waals surface area contributed by atoms with Crippen molar-refractivity contribution in [2.24, 2.45) is 0 Å². The molecule has 1 aromatic heterocycles. The van der Waals surface area contributed by atoms with Crippen LogP contribution < -0.4 is 16.0 Å². The largest absolute Gasteiger partial charge is 0.444 e. The summed E-state index contributed by atoms with van der Waals surface area (Å²) in [4.78, 5) is 28.9. The summed E-state index contributed by atoms with van der Waals surface area (Å²) in [5.74, 6) is 1.12. The van der Waals surface area contributed by atoms with Crippen LogP contribution in [-0.4, -0.2) is 40.4 Å². The molecular formula is C19H28N4O3S. The number of carbonyl (C=O) groups is 2. The summed E-state index contributed by atoms with van der Waals surface area (Å²) in [7, 11) is 0. The fraction of sp³-hybridized carbons (Fsp3) is 0.632. The van der Waals surface area contributed by atoms with Gasteiger partial charge in [-0.3, -0.25) is 4.79 Å². The maximum Gasteiger partial charge on any atom is 0.407 e. The quantitative estimate of drug-likeness (QED) is 0.729. The van der Waals surface area contributed by atoms with Gasteiger partial charge in [-0.05, 0) is 58.6 Å². The number of nitrogens with one attached hydrogen (secondary N) is 3. The van der Waals surface area contributed by atoms with Crippen molar-refractivity contribution < 1.29 is 14.3 Å². The second-order valence-electron chi connectivity index (χ2n) is 8.06. The van der Waals surface area contributed by atoms with Crippen molar-refractivity contribution in [1.29, 1.82) is 0 Å². The van der Waals surface area contributed by atoms with Crippen molar-refractivity contribution in [3.8, 4) is 0 Å². The lowest BCUT2D eigenvalue weighted by Gasteiger charge is -2.30. The molecule has 1 fully saturated rings. The van der Waals surface area contributed by atoms with Crippen LogP contribution in [0.2, 0.25) is 0 Å². The standard InChI is InChI=1S/C19H28N4O3S/c1-19(2,3)26-18(25)22-13-6-4-12(5-7-13)20-10-14-8-9-15-17(21-14)23-16(24)11-27-15/h8-9,12-13,20H,4-7,10-11H2,1-3H3,(H,22,25)(H,21,23,24). The molecule has 2 amide bonds. The van der Waals surface area contributed by atoms with Gasteiger partial charge in [-0.25, -0.2) is 9.78 Å². The van der Waals surface area contributed by atoms with Gasteiger partial charge in [0.15, 0.2) is 0 Å². The van der Waals surface area contributed by atoms with Crippen molar-refractivity contribution >= 4 is 29.6 Å². The number of anilines is 1. The molecule has 1 aliphatic carbocycles. The molecule has 1 aliphatic heterocycles. The molecule has 0 spiro atoms. The topological polar surface area (TPSA) is 92.3 Å². The SMILES string of the molecule is CC(C)(C)OC(=O)NC1CCC(NCc2ccc3c(n2)NC(=O)CS3)CC1. The van der Waals surface area contributed by atoms with Crippen molar-refractivity contribution in [3.63, 3.8) is 0 Å². The molecule has 27 heavy (non-hydrogen) atoms. The molecule has 1 saturated carbocycles. The van der Waals surface area contributed by atoms with E-state index in [1.165, 1.54) is 11.8 Å². The average molecular weight is 393 g/mol. The first-order chi connectivity index (χ1) is 12.8. The molecule has 0 saturated heterocycles. The summed E-state index contributed by atoms with van der Waals surface area (Å²) >= 11 is 1.52. The van der Waals surface area contributed by atoms with Gasteiger partial charge in [-0.15, -0.1) is 11.8 Å². The molecule has 0 atom stereocenters. The number of hydrogen-bond donors (Lipinski definition) is 3. The van der Waals surface area contributed by atoms with Crippen molar-refractivity contribution in [3.05, 3.63) is 17.8 Å². The van der Waals surface area contributed by atoms with Gasteiger partial charge in [-0.2, -0.15) is 0 Å². The van der Waals surface area contributed by atoms with Crippen molar-refractivity contribution in [2.75, 3.05) is 11.1 Å². The number of aromatic nitrogens is 1. The van der Waals surface area contributed by atoms with Gasteiger partial charge < -0.3 is 20.7 Å². The van der Waals surface area contributed by atoms with E-state index in [0.29, 0.717) is 24.2 Å². The molecule has 3 rings (SSSR count). The van der Waals surface area contributed by atoms with E-state index in [9.17, 15) is 9.59 Å². The number of ether oxygens (including phenoxy) is 1. The third kappa shape index (κ3) is 6.10. The maximum absolute atomic E-state index is 11.9. The highest BCUT2D eigenvalue weighted by Crippen LogP contribution is 2.29. The second kappa shape index (κ2) is 8.48. The molecule has 0 aromatic carbocycles. The zero-order valence-electron chi connectivity index (χ0n) is 16.1.